The predicted octanol–water partition coefficient (Wildman–Crippen LogP) is 3.31. The molecular formula is C18H20FNO. The van der Waals surface area contributed by atoms with Crippen molar-refractivity contribution in [2.75, 3.05) is 6.54 Å². The topological polar surface area (TPSA) is 32.3 Å². The molecule has 2 aromatic rings. The van der Waals surface area contributed by atoms with Crippen LogP contribution >= 0.6 is 0 Å². The highest BCUT2D eigenvalue weighted by atomic mass is 19.1. The standard InChI is InChI=1S/C18H20FNO/c1-18(21,14-7-9-15(19)10-8-14)12-20-17-11-6-13-4-2-3-5-16(13)17/h2-5,7-10,17,20-21H,6,11-12H2,1H3. The number of fused-ring (bicyclic) bond motifs is 1. The van der Waals surface area contributed by atoms with E-state index in [2.05, 4.69) is 29.6 Å². The van der Waals surface area contributed by atoms with Crippen molar-refractivity contribution in [3.63, 3.8) is 0 Å². The molecule has 0 bridgehead atoms. The summed E-state index contributed by atoms with van der Waals surface area (Å²) >= 11 is 0. The Labute approximate surface area is 124 Å². The summed E-state index contributed by atoms with van der Waals surface area (Å²) in [4.78, 5) is 0. The second-order valence-electron chi connectivity index (χ2n) is 5.95. The van der Waals surface area contributed by atoms with Crippen molar-refractivity contribution < 1.29 is 9.50 Å². The van der Waals surface area contributed by atoms with Gasteiger partial charge in [0, 0.05) is 12.6 Å². The molecule has 0 amide bonds. The van der Waals surface area contributed by atoms with Crippen LogP contribution < -0.4 is 5.32 Å². The number of halogens is 1. The molecule has 2 N–H and O–H groups in total. The van der Waals surface area contributed by atoms with Crippen molar-refractivity contribution in [1.29, 1.82) is 0 Å². The van der Waals surface area contributed by atoms with Gasteiger partial charge >= 0.3 is 0 Å². The largest absolute Gasteiger partial charge is 0.384 e. The first-order valence-electron chi connectivity index (χ1n) is 7.36. The maximum absolute atomic E-state index is 13.0. The van der Waals surface area contributed by atoms with Gasteiger partial charge in [-0.05, 0) is 48.6 Å². The van der Waals surface area contributed by atoms with Crippen LogP contribution in [0.3, 0.4) is 0 Å². The number of aryl methyl sites for hydroxylation is 1. The van der Waals surface area contributed by atoms with E-state index in [4.69, 9.17) is 0 Å². The van der Waals surface area contributed by atoms with Crippen LogP contribution in [0.4, 0.5) is 4.39 Å². The summed E-state index contributed by atoms with van der Waals surface area (Å²) in [7, 11) is 0. The van der Waals surface area contributed by atoms with E-state index >= 15 is 0 Å². The summed E-state index contributed by atoms with van der Waals surface area (Å²) in [5.74, 6) is -0.285. The average molecular weight is 285 g/mol. The summed E-state index contributed by atoms with van der Waals surface area (Å²) in [5, 5.41) is 14.0. The molecule has 0 aromatic heterocycles. The molecule has 3 heteroatoms. The van der Waals surface area contributed by atoms with Gasteiger partial charge in [-0.3, -0.25) is 0 Å². The third kappa shape index (κ3) is 2.99. The van der Waals surface area contributed by atoms with E-state index in [1.807, 2.05) is 0 Å². The smallest absolute Gasteiger partial charge is 0.123 e. The third-order valence-electron chi connectivity index (χ3n) is 4.29. The predicted molar refractivity (Wildman–Crippen MR) is 81.5 cm³/mol. The van der Waals surface area contributed by atoms with Gasteiger partial charge in [-0.1, -0.05) is 36.4 Å². The van der Waals surface area contributed by atoms with Gasteiger partial charge in [0.25, 0.3) is 0 Å². The lowest BCUT2D eigenvalue weighted by Crippen LogP contribution is -2.36. The van der Waals surface area contributed by atoms with Crippen molar-refractivity contribution in [2.24, 2.45) is 0 Å². The Kier molecular flexibility index (Phi) is 3.79. The molecule has 2 nitrogen and oxygen atoms in total. The van der Waals surface area contributed by atoms with Gasteiger partial charge in [0.15, 0.2) is 0 Å². The summed E-state index contributed by atoms with van der Waals surface area (Å²) in [6, 6.07) is 14.8. The number of aliphatic hydroxyl groups is 1. The van der Waals surface area contributed by atoms with Crippen LogP contribution in [0.1, 0.15) is 36.1 Å². The van der Waals surface area contributed by atoms with E-state index in [0.29, 0.717) is 6.54 Å². The first kappa shape index (κ1) is 14.2. The minimum Gasteiger partial charge on any atom is -0.384 e. The van der Waals surface area contributed by atoms with Crippen molar-refractivity contribution in [3.05, 3.63) is 71.0 Å². The van der Waals surface area contributed by atoms with Crippen molar-refractivity contribution in [2.45, 2.75) is 31.4 Å². The molecule has 0 spiro atoms. The Morgan fingerprint density at radius 1 is 1.19 bits per heavy atom. The van der Waals surface area contributed by atoms with E-state index in [0.717, 1.165) is 18.4 Å². The van der Waals surface area contributed by atoms with Crippen LogP contribution in [0.25, 0.3) is 0 Å². The van der Waals surface area contributed by atoms with E-state index in [1.165, 1.54) is 23.3 Å². The van der Waals surface area contributed by atoms with Gasteiger partial charge in [-0.25, -0.2) is 4.39 Å². The second-order valence-corrected chi connectivity index (χ2v) is 5.95. The van der Waals surface area contributed by atoms with E-state index in [9.17, 15) is 9.50 Å². The molecule has 0 aliphatic heterocycles. The summed E-state index contributed by atoms with van der Waals surface area (Å²) < 4.78 is 13.0. The van der Waals surface area contributed by atoms with Gasteiger partial charge in [0.1, 0.15) is 5.82 Å². The number of hydrogen-bond acceptors (Lipinski definition) is 2. The SMILES string of the molecule is CC(O)(CNC1CCc2ccccc21)c1ccc(F)cc1. The lowest BCUT2D eigenvalue weighted by atomic mass is 9.95. The quantitative estimate of drug-likeness (QED) is 0.903. The van der Waals surface area contributed by atoms with Crippen molar-refractivity contribution in [1.82, 2.24) is 5.32 Å². The molecule has 2 atom stereocenters. The molecule has 0 fully saturated rings. The van der Waals surface area contributed by atoms with Crippen LogP contribution in [-0.4, -0.2) is 11.7 Å². The van der Waals surface area contributed by atoms with Crippen LogP contribution in [0.5, 0.6) is 0 Å². The summed E-state index contributed by atoms with van der Waals surface area (Å²) in [6.07, 6.45) is 2.13. The average Bonchev–Trinajstić information content (AvgIpc) is 2.89. The Balaban J connectivity index is 1.69. The van der Waals surface area contributed by atoms with E-state index in [-0.39, 0.29) is 11.9 Å². The number of benzene rings is 2. The molecular weight excluding hydrogens is 265 g/mol. The Morgan fingerprint density at radius 3 is 2.67 bits per heavy atom. The van der Waals surface area contributed by atoms with Crippen LogP contribution in [0.2, 0.25) is 0 Å². The zero-order chi connectivity index (χ0) is 14.9. The lowest BCUT2D eigenvalue weighted by molar-refractivity contribution is 0.0537. The minimum atomic E-state index is -1.01. The maximum Gasteiger partial charge on any atom is 0.123 e. The van der Waals surface area contributed by atoms with Crippen LogP contribution in [-0.2, 0) is 12.0 Å². The summed E-state index contributed by atoms with van der Waals surface area (Å²) in [5.41, 5.74) is 2.43. The van der Waals surface area contributed by atoms with Crippen molar-refractivity contribution in [3.8, 4) is 0 Å². The van der Waals surface area contributed by atoms with Gasteiger partial charge < -0.3 is 10.4 Å². The fraction of sp³-hybridized carbons (Fsp3) is 0.333. The Morgan fingerprint density at radius 2 is 1.90 bits per heavy atom. The molecule has 0 radical (unpaired) electrons. The zero-order valence-electron chi connectivity index (χ0n) is 12.1. The Bertz CT molecular complexity index is 621. The summed E-state index contributed by atoms with van der Waals surface area (Å²) in [6.45, 7) is 2.20. The first-order valence-corrected chi connectivity index (χ1v) is 7.36. The van der Waals surface area contributed by atoms with Gasteiger partial charge in [-0.2, -0.15) is 0 Å². The van der Waals surface area contributed by atoms with Gasteiger partial charge in [-0.15, -0.1) is 0 Å². The molecule has 0 heterocycles. The molecule has 2 unspecified atom stereocenters. The first-order chi connectivity index (χ1) is 10.1. The Hall–Kier alpha value is -1.71. The highest BCUT2D eigenvalue weighted by Crippen LogP contribution is 2.31. The third-order valence-corrected chi connectivity index (χ3v) is 4.29. The highest BCUT2D eigenvalue weighted by molar-refractivity contribution is 5.34. The number of hydrogen-bond donors (Lipinski definition) is 2. The monoisotopic (exact) mass is 285 g/mol. The molecule has 3 rings (SSSR count). The molecule has 2 aromatic carbocycles. The normalized spacial score (nSPS) is 20.0. The molecule has 110 valence electrons. The lowest BCUT2D eigenvalue weighted by Gasteiger charge is -2.26. The van der Waals surface area contributed by atoms with Crippen molar-refractivity contribution >= 4 is 0 Å². The zero-order valence-corrected chi connectivity index (χ0v) is 12.1. The molecule has 1 aliphatic rings. The second kappa shape index (κ2) is 5.58. The van der Waals surface area contributed by atoms with Gasteiger partial charge in [0.05, 0.1) is 5.60 Å². The van der Waals surface area contributed by atoms with Crippen LogP contribution in [0, 0.1) is 5.82 Å². The van der Waals surface area contributed by atoms with E-state index < -0.39 is 5.60 Å². The fourth-order valence-corrected chi connectivity index (χ4v) is 3.00. The number of rotatable bonds is 4. The fourth-order valence-electron chi connectivity index (χ4n) is 3.00. The molecule has 1 aliphatic carbocycles. The molecule has 0 saturated heterocycles. The molecule has 0 saturated carbocycles. The highest BCUT2D eigenvalue weighted by Gasteiger charge is 2.27. The number of nitrogens with one attached hydrogen (secondary N) is 1. The van der Waals surface area contributed by atoms with E-state index in [1.54, 1.807) is 19.1 Å². The van der Waals surface area contributed by atoms with Gasteiger partial charge in [0.2, 0.25) is 0 Å². The maximum atomic E-state index is 13.0. The minimum absolute atomic E-state index is 0.285. The van der Waals surface area contributed by atoms with Crippen LogP contribution in [0.15, 0.2) is 48.5 Å². The molecule has 21 heavy (non-hydrogen) atoms.